The molecule has 24 heavy (non-hydrogen) atoms. The first kappa shape index (κ1) is 19.9. The van der Waals surface area contributed by atoms with Crippen molar-refractivity contribution in [3.63, 3.8) is 0 Å². The van der Waals surface area contributed by atoms with Gasteiger partial charge in [0, 0.05) is 7.11 Å². The molecular weight excluding hydrogens is 332 g/mol. The Morgan fingerprint density at radius 3 is 1.79 bits per heavy atom. The Hall–Kier alpha value is -0.440. The van der Waals surface area contributed by atoms with Gasteiger partial charge in [0.25, 0.3) is 0 Å². The molecule has 4 unspecified atom stereocenters. The van der Waals surface area contributed by atoms with E-state index in [0.29, 0.717) is 0 Å². The van der Waals surface area contributed by atoms with Crippen molar-refractivity contribution in [3.05, 3.63) is 0 Å². The van der Waals surface area contributed by atoms with Crippen LogP contribution < -0.4 is 0 Å². The normalized spacial score (nSPS) is 50.0. The first-order valence-electron chi connectivity index (χ1n) is 7.46. The molecule has 0 aromatic heterocycles. The van der Waals surface area contributed by atoms with Gasteiger partial charge in [0.15, 0.2) is 12.6 Å². The third-order valence-corrected chi connectivity index (χ3v) is 4.19. The first-order chi connectivity index (χ1) is 11.3. The number of rotatable bonds is 5. The predicted molar refractivity (Wildman–Crippen MR) is 73.4 cm³/mol. The van der Waals surface area contributed by atoms with Gasteiger partial charge in [-0.25, -0.2) is 0 Å². The van der Waals surface area contributed by atoms with Crippen LogP contribution in [0.5, 0.6) is 0 Å². The number of hydrogen-bond acceptors (Lipinski definition) is 11. The van der Waals surface area contributed by atoms with Crippen LogP contribution in [0.1, 0.15) is 0 Å². The van der Waals surface area contributed by atoms with Crippen molar-refractivity contribution in [2.45, 2.75) is 61.4 Å². The van der Waals surface area contributed by atoms with Gasteiger partial charge in [0.05, 0.1) is 13.2 Å². The van der Waals surface area contributed by atoms with Crippen molar-refractivity contribution in [2.75, 3.05) is 20.3 Å². The van der Waals surface area contributed by atoms with E-state index < -0.39 is 74.6 Å². The topological polar surface area (TPSA) is 179 Å². The van der Waals surface area contributed by atoms with E-state index in [9.17, 15) is 30.6 Å². The van der Waals surface area contributed by atoms with Crippen LogP contribution in [-0.2, 0) is 18.9 Å². The van der Waals surface area contributed by atoms with Crippen LogP contribution in [0.2, 0.25) is 0 Å². The summed E-state index contributed by atoms with van der Waals surface area (Å²) in [4.78, 5) is 0. The van der Waals surface area contributed by atoms with Crippen LogP contribution >= 0.6 is 0 Å². The number of ether oxygens (including phenoxy) is 4. The van der Waals surface area contributed by atoms with E-state index in [1.54, 1.807) is 0 Å². The van der Waals surface area contributed by atoms with Crippen LogP contribution in [0.25, 0.3) is 0 Å². The fraction of sp³-hybridized carbons (Fsp3) is 1.00. The SMILES string of the molecule is CO[C@@H]1OC(CO)[C@@H](O[C@@H]2OC(CO)[C@H](O)C(O)[C@@H]2O)C(O)[C@@H]1O. The molecule has 0 saturated carbocycles. The highest BCUT2D eigenvalue weighted by Crippen LogP contribution is 2.29. The van der Waals surface area contributed by atoms with E-state index in [-0.39, 0.29) is 0 Å². The van der Waals surface area contributed by atoms with Crippen LogP contribution in [0, 0.1) is 0 Å². The van der Waals surface area contributed by atoms with Crippen molar-refractivity contribution in [3.8, 4) is 0 Å². The van der Waals surface area contributed by atoms with Crippen molar-refractivity contribution < 1.29 is 54.7 Å². The largest absolute Gasteiger partial charge is 0.394 e. The molecule has 2 rings (SSSR count). The summed E-state index contributed by atoms with van der Waals surface area (Å²) in [6.07, 6.45) is -14.3. The highest BCUT2D eigenvalue weighted by molar-refractivity contribution is 4.93. The Kier molecular flexibility index (Phi) is 6.87. The van der Waals surface area contributed by atoms with Gasteiger partial charge >= 0.3 is 0 Å². The summed E-state index contributed by atoms with van der Waals surface area (Å²) < 4.78 is 20.6. The smallest absolute Gasteiger partial charge is 0.187 e. The Bertz CT molecular complexity index is 392. The summed E-state index contributed by atoms with van der Waals surface area (Å²) in [6.45, 7) is -1.24. The molecule has 142 valence electrons. The highest BCUT2D eigenvalue weighted by Gasteiger charge is 2.50. The third-order valence-electron chi connectivity index (χ3n) is 4.19. The number of aliphatic hydroxyl groups excluding tert-OH is 7. The van der Waals surface area contributed by atoms with Gasteiger partial charge in [-0.15, -0.1) is 0 Å². The van der Waals surface area contributed by atoms with E-state index in [4.69, 9.17) is 24.1 Å². The molecule has 0 aromatic rings. The van der Waals surface area contributed by atoms with Crippen LogP contribution in [0.15, 0.2) is 0 Å². The fourth-order valence-corrected chi connectivity index (χ4v) is 2.75. The second-order valence-corrected chi connectivity index (χ2v) is 5.74. The summed E-state index contributed by atoms with van der Waals surface area (Å²) in [7, 11) is 1.24. The minimum Gasteiger partial charge on any atom is -0.394 e. The van der Waals surface area contributed by atoms with Crippen LogP contribution in [0.3, 0.4) is 0 Å². The summed E-state index contributed by atoms with van der Waals surface area (Å²) in [5, 5.41) is 68.0. The van der Waals surface area contributed by atoms with E-state index >= 15 is 0 Å². The van der Waals surface area contributed by atoms with Gasteiger partial charge in [-0.3, -0.25) is 0 Å². The monoisotopic (exact) mass is 356 g/mol. The first-order valence-corrected chi connectivity index (χ1v) is 7.46. The summed E-state index contributed by atoms with van der Waals surface area (Å²) in [5.74, 6) is 0. The zero-order valence-electron chi connectivity index (χ0n) is 13.0. The van der Waals surface area contributed by atoms with Gasteiger partial charge in [0.1, 0.15) is 48.8 Å². The second-order valence-electron chi connectivity index (χ2n) is 5.74. The van der Waals surface area contributed by atoms with Crippen molar-refractivity contribution in [2.24, 2.45) is 0 Å². The molecule has 0 aromatic carbocycles. The molecule has 2 aliphatic heterocycles. The lowest BCUT2D eigenvalue weighted by Gasteiger charge is -2.45. The van der Waals surface area contributed by atoms with Crippen molar-refractivity contribution >= 4 is 0 Å². The van der Waals surface area contributed by atoms with Gasteiger partial charge in [-0.1, -0.05) is 0 Å². The molecule has 10 atom stereocenters. The minimum absolute atomic E-state index is 0.592. The highest BCUT2D eigenvalue weighted by atomic mass is 16.7. The molecule has 0 bridgehead atoms. The number of aliphatic hydroxyl groups is 7. The molecule has 0 aliphatic carbocycles. The number of hydrogen-bond donors (Lipinski definition) is 7. The summed E-state index contributed by atoms with van der Waals surface area (Å²) in [5.41, 5.74) is 0. The molecule has 11 nitrogen and oxygen atoms in total. The lowest BCUT2D eigenvalue weighted by atomic mass is 9.97. The predicted octanol–water partition coefficient (Wildman–Crippen LogP) is -4.74. The van der Waals surface area contributed by atoms with Gasteiger partial charge in [-0.2, -0.15) is 0 Å². The lowest BCUT2D eigenvalue weighted by Crippen LogP contribution is -2.64. The second kappa shape index (κ2) is 8.29. The van der Waals surface area contributed by atoms with Gasteiger partial charge in [-0.05, 0) is 0 Å². The summed E-state index contributed by atoms with van der Waals surface area (Å²) >= 11 is 0. The van der Waals surface area contributed by atoms with Crippen molar-refractivity contribution in [1.82, 2.24) is 0 Å². The fourth-order valence-electron chi connectivity index (χ4n) is 2.75. The lowest BCUT2D eigenvalue weighted by molar-refractivity contribution is -0.357. The van der Waals surface area contributed by atoms with Crippen molar-refractivity contribution in [1.29, 1.82) is 0 Å². The van der Waals surface area contributed by atoms with E-state index in [1.807, 2.05) is 0 Å². The Balaban J connectivity index is 2.12. The Morgan fingerprint density at radius 1 is 0.708 bits per heavy atom. The average molecular weight is 356 g/mol. The molecule has 2 saturated heterocycles. The molecule has 2 heterocycles. The summed E-state index contributed by atoms with van der Waals surface area (Å²) in [6, 6.07) is 0. The quantitative estimate of drug-likeness (QED) is 0.251. The van der Waals surface area contributed by atoms with Crippen LogP contribution in [0.4, 0.5) is 0 Å². The zero-order valence-corrected chi connectivity index (χ0v) is 13.0. The molecule has 2 fully saturated rings. The van der Waals surface area contributed by atoms with E-state index in [0.717, 1.165) is 0 Å². The molecular formula is C13H24O11. The van der Waals surface area contributed by atoms with Crippen LogP contribution in [-0.4, -0.2) is 117 Å². The minimum atomic E-state index is -1.69. The molecule has 2 aliphatic rings. The maximum absolute atomic E-state index is 10.2. The van der Waals surface area contributed by atoms with Gasteiger partial charge < -0.3 is 54.7 Å². The van der Waals surface area contributed by atoms with Gasteiger partial charge in [0.2, 0.25) is 0 Å². The molecule has 7 N–H and O–H groups in total. The number of methoxy groups -OCH3 is 1. The zero-order chi connectivity index (χ0) is 18.0. The Labute approximate surface area is 137 Å². The molecule has 0 amide bonds. The maximum atomic E-state index is 10.2. The average Bonchev–Trinajstić information content (AvgIpc) is 2.59. The van der Waals surface area contributed by atoms with E-state index in [2.05, 4.69) is 0 Å². The maximum Gasteiger partial charge on any atom is 0.187 e. The molecule has 11 heteroatoms. The molecule has 0 radical (unpaired) electrons. The third kappa shape index (κ3) is 3.71. The molecule has 0 spiro atoms. The standard InChI is InChI=1S/C13H24O11/c1-21-12-10(20)8(18)11(5(3-15)23-12)24-13-9(19)7(17)6(16)4(2-14)22-13/h4-20H,2-3H2,1H3/t4?,5?,6-,7?,8?,9-,10-,11+,12+,13-/m0/s1. The van der Waals surface area contributed by atoms with E-state index in [1.165, 1.54) is 7.11 Å². The Morgan fingerprint density at radius 2 is 1.25 bits per heavy atom.